The van der Waals surface area contributed by atoms with Gasteiger partial charge >= 0.3 is 0 Å². The van der Waals surface area contributed by atoms with Crippen molar-refractivity contribution in [2.45, 2.75) is 0 Å². The van der Waals surface area contributed by atoms with Gasteiger partial charge in [0.2, 0.25) is 0 Å². The van der Waals surface area contributed by atoms with Gasteiger partial charge in [0, 0.05) is 11.1 Å². The molecule has 0 aliphatic heterocycles. The molecule has 0 aromatic carbocycles. The van der Waals surface area contributed by atoms with Crippen molar-refractivity contribution in [3.8, 4) is 0 Å². The Hall–Kier alpha value is -1.44. The number of carbonyl (C=O) groups is 2. The van der Waals surface area contributed by atoms with Crippen molar-refractivity contribution in [1.82, 2.24) is 0 Å². The van der Waals surface area contributed by atoms with Gasteiger partial charge < -0.3 is 0 Å². The highest BCUT2D eigenvalue weighted by molar-refractivity contribution is 5.91. The zero-order valence-corrected chi connectivity index (χ0v) is 5.54. The molecule has 0 aliphatic rings. The van der Waals surface area contributed by atoms with Crippen LogP contribution in [0.15, 0.2) is 36.5 Å². The van der Waals surface area contributed by atoms with Crippen molar-refractivity contribution in [2.24, 2.45) is 0 Å². The fourth-order valence-electron chi connectivity index (χ4n) is 0.468. The maximum atomic E-state index is 10.2. The molecule has 0 aromatic rings. The third-order valence-corrected chi connectivity index (χ3v) is 1.03. The van der Waals surface area contributed by atoms with Crippen LogP contribution in [0.1, 0.15) is 0 Å². The Bertz CT molecular complexity index is 157. The van der Waals surface area contributed by atoms with E-state index in [1.54, 1.807) is 0 Å². The van der Waals surface area contributed by atoms with Crippen molar-refractivity contribution in [3.05, 3.63) is 36.5 Å². The Balaban J connectivity index is 4.85. The van der Waals surface area contributed by atoms with E-state index in [9.17, 15) is 9.59 Å². The molecule has 2 nitrogen and oxygen atoms in total. The number of allylic oxidation sites excluding steroid dienone is 4. The normalized spacial score (nSPS) is 11.2. The summed E-state index contributed by atoms with van der Waals surface area (Å²) in [7, 11) is 0. The summed E-state index contributed by atoms with van der Waals surface area (Å²) in [5, 5.41) is 0. The molecule has 0 aliphatic carbocycles. The van der Waals surface area contributed by atoms with Gasteiger partial charge in [-0.15, -0.1) is 0 Å². The summed E-state index contributed by atoms with van der Waals surface area (Å²) in [5.74, 6) is 0. The fraction of sp³-hybridized carbons (Fsp3) is 0. The van der Waals surface area contributed by atoms with Gasteiger partial charge in [0.25, 0.3) is 0 Å². The van der Waals surface area contributed by atoms with Crippen LogP contribution < -0.4 is 0 Å². The predicted molar refractivity (Wildman–Crippen MR) is 39.5 cm³/mol. The molecule has 52 valence electrons. The minimum absolute atomic E-state index is 0.269. The quantitative estimate of drug-likeness (QED) is 0.329. The molecular weight excluding hydrogens is 128 g/mol. The highest BCUT2D eigenvalue weighted by Gasteiger charge is 1.94. The lowest BCUT2D eigenvalue weighted by atomic mass is 10.1. The standard InChI is InChI=1S/C8H8O2/c1-3-7(5-9)8(4-2)6-10/h3-6H,1-2H2/b8-7-. The minimum atomic E-state index is 0.269. The number of rotatable bonds is 4. The summed E-state index contributed by atoms with van der Waals surface area (Å²) in [6.45, 7) is 6.71. The Labute approximate surface area is 59.5 Å². The second-order valence-corrected chi connectivity index (χ2v) is 1.55. The van der Waals surface area contributed by atoms with Crippen LogP contribution in [0, 0.1) is 0 Å². The van der Waals surface area contributed by atoms with E-state index in [-0.39, 0.29) is 11.1 Å². The van der Waals surface area contributed by atoms with E-state index >= 15 is 0 Å². The molecule has 0 saturated heterocycles. The Morgan fingerprint density at radius 3 is 1.30 bits per heavy atom. The maximum absolute atomic E-state index is 10.2. The van der Waals surface area contributed by atoms with Crippen molar-refractivity contribution < 1.29 is 9.59 Å². The van der Waals surface area contributed by atoms with Crippen LogP contribution in [0.3, 0.4) is 0 Å². The van der Waals surface area contributed by atoms with Crippen LogP contribution in [-0.2, 0) is 9.59 Å². The molecule has 0 heterocycles. The van der Waals surface area contributed by atoms with E-state index in [1.165, 1.54) is 12.2 Å². The largest absolute Gasteiger partial charge is 0.298 e. The molecule has 0 unspecified atom stereocenters. The van der Waals surface area contributed by atoms with Crippen LogP contribution in [0.5, 0.6) is 0 Å². The van der Waals surface area contributed by atoms with Crippen LogP contribution in [-0.4, -0.2) is 12.6 Å². The second-order valence-electron chi connectivity index (χ2n) is 1.55. The summed E-state index contributed by atoms with van der Waals surface area (Å²) < 4.78 is 0. The number of carbonyl (C=O) groups excluding carboxylic acids is 2. The van der Waals surface area contributed by atoms with E-state index in [2.05, 4.69) is 13.2 Å². The van der Waals surface area contributed by atoms with E-state index < -0.39 is 0 Å². The number of hydrogen-bond donors (Lipinski definition) is 0. The second kappa shape index (κ2) is 4.44. The molecule has 0 bridgehead atoms. The molecule has 0 N–H and O–H groups in total. The summed E-state index contributed by atoms with van der Waals surface area (Å²) >= 11 is 0. The molecule has 0 radical (unpaired) electrons. The number of hydrogen-bond acceptors (Lipinski definition) is 2. The summed E-state index contributed by atoms with van der Waals surface area (Å²) in [6.07, 6.45) is 3.77. The van der Waals surface area contributed by atoms with Crippen molar-refractivity contribution in [3.63, 3.8) is 0 Å². The van der Waals surface area contributed by atoms with E-state index in [0.29, 0.717) is 12.6 Å². The minimum Gasteiger partial charge on any atom is -0.298 e. The lowest BCUT2D eigenvalue weighted by Crippen LogP contribution is -1.88. The molecule has 0 spiro atoms. The molecule has 0 saturated carbocycles. The first-order chi connectivity index (χ1) is 4.79. The van der Waals surface area contributed by atoms with Gasteiger partial charge in [-0.05, 0) is 0 Å². The Kier molecular flexibility index (Phi) is 3.80. The van der Waals surface area contributed by atoms with Crippen LogP contribution in [0.4, 0.5) is 0 Å². The first-order valence-corrected chi connectivity index (χ1v) is 2.69. The van der Waals surface area contributed by atoms with Gasteiger partial charge in [-0.1, -0.05) is 25.3 Å². The summed E-state index contributed by atoms with van der Waals surface area (Å²) in [5.41, 5.74) is 0.537. The van der Waals surface area contributed by atoms with Gasteiger partial charge in [0.15, 0.2) is 12.6 Å². The zero-order chi connectivity index (χ0) is 7.98. The van der Waals surface area contributed by atoms with Gasteiger partial charge in [-0.2, -0.15) is 0 Å². The third-order valence-electron chi connectivity index (χ3n) is 1.03. The fourth-order valence-corrected chi connectivity index (χ4v) is 0.468. The monoisotopic (exact) mass is 136 g/mol. The van der Waals surface area contributed by atoms with Gasteiger partial charge in [-0.3, -0.25) is 9.59 Å². The first kappa shape index (κ1) is 8.56. The topological polar surface area (TPSA) is 34.1 Å². The van der Waals surface area contributed by atoms with Crippen molar-refractivity contribution in [2.75, 3.05) is 0 Å². The molecule has 0 atom stereocenters. The Morgan fingerprint density at radius 2 is 1.20 bits per heavy atom. The Morgan fingerprint density at radius 1 is 0.900 bits per heavy atom. The van der Waals surface area contributed by atoms with Gasteiger partial charge in [-0.25, -0.2) is 0 Å². The lowest BCUT2D eigenvalue weighted by Gasteiger charge is -1.90. The zero-order valence-electron chi connectivity index (χ0n) is 5.54. The third kappa shape index (κ3) is 1.82. The van der Waals surface area contributed by atoms with Crippen LogP contribution in [0.2, 0.25) is 0 Å². The van der Waals surface area contributed by atoms with Crippen molar-refractivity contribution >= 4 is 12.6 Å². The van der Waals surface area contributed by atoms with Crippen LogP contribution in [0.25, 0.3) is 0 Å². The maximum Gasteiger partial charge on any atom is 0.150 e. The highest BCUT2D eigenvalue weighted by atomic mass is 16.1. The first-order valence-electron chi connectivity index (χ1n) is 2.69. The summed E-state index contributed by atoms with van der Waals surface area (Å²) in [6, 6.07) is 0. The van der Waals surface area contributed by atoms with E-state index in [4.69, 9.17) is 0 Å². The molecule has 0 rings (SSSR count). The lowest BCUT2D eigenvalue weighted by molar-refractivity contribution is -0.106. The molecule has 0 aromatic heterocycles. The SMILES string of the molecule is C=C/C(C=O)=C(\C=C)C=O. The highest BCUT2D eigenvalue weighted by Crippen LogP contribution is 2.00. The van der Waals surface area contributed by atoms with Gasteiger partial charge in [0.1, 0.15) is 0 Å². The molecular formula is C8H8O2. The van der Waals surface area contributed by atoms with Crippen molar-refractivity contribution in [1.29, 1.82) is 0 Å². The number of aldehydes is 2. The average molecular weight is 136 g/mol. The molecule has 2 heteroatoms. The van der Waals surface area contributed by atoms with E-state index in [0.717, 1.165) is 0 Å². The molecule has 10 heavy (non-hydrogen) atoms. The molecule has 0 fully saturated rings. The smallest absolute Gasteiger partial charge is 0.150 e. The summed E-state index contributed by atoms with van der Waals surface area (Å²) in [4.78, 5) is 20.3. The molecule has 0 amide bonds. The average Bonchev–Trinajstić information content (AvgIpc) is 2.00. The van der Waals surface area contributed by atoms with Crippen LogP contribution >= 0.6 is 0 Å². The van der Waals surface area contributed by atoms with E-state index in [1.807, 2.05) is 0 Å². The predicted octanol–water partition coefficient (Wildman–Crippen LogP) is 1.05. The van der Waals surface area contributed by atoms with Gasteiger partial charge in [0.05, 0.1) is 0 Å².